The van der Waals surface area contributed by atoms with Crippen LogP contribution < -0.4 is 16.4 Å². The van der Waals surface area contributed by atoms with Crippen LogP contribution in [0.3, 0.4) is 0 Å². The van der Waals surface area contributed by atoms with Crippen LogP contribution in [0.1, 0.15) is 19.8 Å². The molecule has 2 atom stereocenters. The Morgan fingerprint density at radius 2 is 2.03 bits per heavy atom. The highest BCUT2D eigenvalue weighted by atomic mass is 35.5. The molecule has 2 saturated heterocycles. The minimum Gasteiger partial charge on any atom is -0.397 e. The van der Waals surface area contributed by atoms with Crippen LogP contribution in [0.15, 0.2) is 24.7 Å². The van der Waals surface area contributed by atoms with Gasteiger partial charge in [-0.1, -0.05) is 11.6 Å². The van der Waals surface area contributed by atoms with Crippen LogP contribution in [-0.2, 0) is 4.74 Å². The molecule has 3 aromatic rings. The summed E-state index contributed by atoms with van der Waals surface area (Å²) in [5, 5.41) is 4.71. The third-order valence-electron chi connectivity index (χ3n) is 6.29. The molecule has 0 aliphatic carbocycles. The van der Waals surface area contributed by atoms with E-state index in [1.807, 2.05) is 0 Å². The molecule has 3 aromatic heterocycles. The lowest BCUT2D eigenvalue weighted by Crippen LogP contribution is -2.50. The molecule has 152 valence electrons. The van der Waals surface area contributed by atoms with Gasteiger partial charge in [-0.05, 0) is 25.8 Å². The van der Waals surface area contributed by atoms with Crippen molar-refractivity contribution in [1.29, 1.82) is 0 Å². The molecule has 1 spiro atoms. The third-order valence-corrected chi connectivity index (χ3v) is 6.68. The number of hydrogen-bond donors (Lipinski definition) is 2. The normalized spacial score (nSPS) is 23.9. The number of hydrogen-bond acceptors (Lipinski definition) is 8. The van der Waals surface area contributed by atoms with Gasteiger partial charge in [0.2, 0.25) is 0 Å². The molecule has 9 nitrogen and oxygen atoms in total. The molecule has 2 aliphatic heterocycles. The lowest BCUT2D eigenvalue weighted by Gasteiger charge is -2.41. The van der Waals surface area contributed by atoms with Crippen LogP contribution in [0.25, 0.3) is 17.0 Å². The molecule has 29 heavy (non-hydrogen) atoms. The van der Waals surface area contributed by atoms with Crippen molar-refractivity contribution in [3.8, 4) is 5.82 Å². The van der Waals surface area contributed by atoms with Crippen LogP contribution in [-0.4, -0.2) is 56.6 Å². The number of halogens is 1. The fourth-order valence-electron chi connectivity index (χ4n) is 4.36. The molecule has 2 fully saturated rings. The first-order valence-electron chi connectivity index (χ1n) is 9.72. The first-order chi connectivity index (χ1) is 14.0. The largest absolute Gasteiger partial charge is 0.397 e. The van der Waals surface area contributed by atoms with Gasteiger partial charge in [-0.2, -0.15) is 9.78 Å². The first-order valence-corrected chi connectivity index (χ1v) is 10.1. The molecule has 2 aliphatic rings. The molecule has 0 saturated carbocycles. The van der Waals surface area contributed by atoms with E-state index in [4.69, 9.17) is 32.8 Å². The highest BCUT2D eigenvalue weighted by molar-refractivity contribution is 6.34. The van der Waals surface area contributed by atoms with Gasteiger partial charge in [0.25, 0.3) is 0 Å². The maximum atomic E-state index is 6.42. The highest BCUT2D eigenvalue weighted by Gasteiger charge is 2.47. The predicted octanol–water partition coefficient (Wildman–Crippen LogP) is 1.78. The minimum absolute atomic E-state index is 0.0774. The molecular formula is C19H23ClN8O. The molecular weight excluding hydrogens is 392 g/mol. The Hall–Kier alpha value is -2.49. The number of ether oxygens (including phenoxy) is 1. The minimum atomic E-state index is 0.0774. The van der Waals surface area contributed by atoms with Gasteiger partial charge in [-0.3, -0.25) is 0 Å². The van der Waals surface area contributed by atoms with Crippen molar-refractivity contribution < 1.29 is 4.74 Å². The molecule has 0 amide bonds. The van der Waals surface area contributed by atoms with E-state index in [9.17, 15) is 0 Å². The van der Waals surface area contributed by atoms with E-state index in [0.717, 1.165) is 38.4 Å². The summed E-state index contributed by atoms with van der Waals surface area (Å²) in [6.45, 7) is 4.56. The SMILES string of the molecule is C[C@@H]1OCC2(CCN(c3cnc4c(cnn4-c4nccc(N)c4Cl)n3)CC2)[C@@H]1N. The third kappa shape index (κ3) is 2.92. The fourth-order valence-corrected chi connectivity index (χ4v) is 4.55. The van der Waals surface area contributed by atoms with E-state index in [1.165, 1.54) is 0 Å². The summed E-state index contributed by atoms with van der Waals surface area (Å²) in [6, 6.07) is 1.74. The predicted molar refractivity (Wildman–Crippen MR) is 111 cm³/mol. The van der Waals surface area contributed by atoms with E-state index in [2.05, 4.69) is 26.9 Å². The van der Waals surface area contributed by atoms with Crippen molar-refractivity contribution in [2.45, 2.75) is 31.9 Å². The smallest absolute Gasteiger partial charge is 0.183 e. The molecule has 4 N–H and O–H groups in total. The van der Waals surface area contributed by atoms with E-state index < -0.39 is 0 Å². The molecule has 0 radical (unpaired) electrons. The van der Waals surface area contributed by atoms with E-state index in [-0.39, 0.29) is 17.6 Å². The maximum Gasteiger partial charge on any atom is 0.183 e. The maximum absolute atomic E-state index is 6.42. The average molecular weight is 415 g/mol. The molecule has 0 bridgehead atoms. The number of fused-ring (bicyclic) bond motifs is 1. The van der Waals surface area contributed by atoms with Gasteiger partial charge in [-0.25, -0.2) is 15.0 Å². The van der Waals surface area contributed by atoms with Gasteiger partial charge >= 0.3 is 0 Å². The summed E-state index contributed by atoms with van der Waals surface area (Å²) >= 11 is 6.29. The topological polar surface area (TPSA) is 121 Å². The van der Waals surface area contributed by atoms with E-state index in [1.54, 1.807) is 29.3 Å². The molecule has 5 heterocycles. The fraction of sp³-hybridized carbons (Fsp3) is 0.474. The lowest BCUT2D eigenvalue weighted by atomic mass is 9.73. The van der Waals surface area contributed by atoms with Crippen molar-refractivity contribution >= 4 is 34.3 Å². The van der Waals surface area contributed by atoms with Crippen LogP contribution >= 0.6 is 11.6 Å². The van der Waals surface area contributed by atoms with Gasteiger partial charge in [-0.15, -0.1) is 0 Å². The first kappa shape index (κ1) is 18.5. The summed E-state index contributed by atoms with van der Waals surface area (Å²) < 4.78 is 7.37. The van der Waals surface area contributed by atoms with Crippen LogP contribution in [0.2, 0.25) is 5.02 Å². The zero-order valence-electron chi connectivity index (χ0n) is 16.1. The Bertz CT molecular complexity index is 1060. The number of aromatic nitrogens is 5. The number of rotatable bonds is 2. The van der Waals surface area contributed by atoms with Crippen LogP contribution in [0, 0.1) is 5.41 Å². The average Bonchev–Trinajstić information content (AvgIpc) is 3.27. The standard InChI is InChI=1S/C19H23ClN8O/c1-11-16(22)19(10-29-11)3-6-27(7-4-19)14-9-24-17-13(26-14)8-25-28(17)18-15(20)12(21)2-5-23-18/h2,5,8-9,11,16H,3-4,6-7,10,22H2,1H3,(H2,21,23)/t11-,16+/m0/s1. The second kappa shape index (κ2) is 6.79. The monoisotopic (exact) mass is 414 g/mol. The van der Waals surface area contributed by atoms with Gasteiger partial charge < -0.3 is 21.1 Å². The van der Waals surface area contributed by atoms with Crippen molar-refractivity contribution in [1.82, 2.24) is 24.7 Å². The summed E-state index contributed by atoms with van der Waals surface area (Å²) in [5.74, 6) is 1.27. The van der Waals surface area contributed by atoms with E-state index in [0.29, 0.717) is 27.7 Å². The molecule has 0 unspecified atom stereocenters. The highest BCUT2D eigenvalue weighted by Crippen LogP contribution is 2.41. The second-order valence-electron chi connectivity index (χ2n) is 7.92. The van der Waals surface area contributed by atoms with Gasteiger partial charge in [0, 0.05) is 30.7 Å². The van der Waals surface area contributed by atoms with Gasteiger partial charge in [0.15, 0.2) is 11.5 Å². The van der Waals surface area contributed by atoms with Crippen LogP contribution in [0.5, 0.6) is 0 Å². The summed E-state index contributed by atoms with van der Waals surface area (Å²) in [6.07, 6.45) is 7.12. The number of piperidine rings is 1. The number of nitrogen functional groups attached to an aromatic ring is 1. The number of anilines is 2. The van der Waals surface area contributed by atoms with Crippen LogP contribution in [0.4, 0.5) is 11.5 Å². The number of nitrogens with two attached hydrogens (primary N) is 2. The summed E-state index contributed by atoms with van der Waals surface area (Å²) in [7, 11) is 0. The molecule has 10 heteroatoms. The van der Waals surface area contributed by atoms with Crippen molar-refractivity contribution in [2.24, 2.45) is 11.1 Å². The van der Waals surface area contributed by atoms with E-state index >= 15 is 0 Å². The quantitative estimate of drug-likeness (QED) is 0.650. The molecule has 0 aromatic carbocycles. The van der Waals surface area contributed by atoms with Gasteiger partial charge in [0.05, 0.1) is 30.8 Å². The Kier molecular flexibility index (Phi) is 4.34. The second-order valence-corrected chi connectivity index (χ2v) is 8.30. The zero-order chi connectivity index (χ0) is 20.2. The Morgan fingerprint density at radius 3 is 2.76 bits per heavy atom. The number of pyridine rings is 1. The van der Waals surface area contributed by atoms with Crippen molar-refractivity contribution in [3.05, 3.63) is 29.7 Å². The van der Waals surface area contributed by atoms with Crippen molar-refractivity contribution in [3.63, 3.8) is 0 Å². The zero-order valence-corrected chi connectivity index (χ0v) is 16.9. The Balaban J connectivity index is 1.40. The molecule has 5 rings (SSSR count). The Morgan fingerprint density at radius 1 is 1.24 bits per heavy atom. The summed E-state index contributed by atoms with van der Waals surface area (Å²) in [4.78, 5) is 15.9. The Labute approximate surface area is 173 Å². The van der Waals surface area contributed by atoms with Crippen molar-refractivity contribution in [2.75, 3.05) is 30.3 Å². The summed E-state index contributed by atoms with van der Waals surface area (Å²) in [5.41, 5.74) is 14.1. The van der Waals surface area contributed by atoms with Gasteiger partial charge in [0.1, 0.15) is 16.4 Å². The number of nitrogens with zero attached hydrogens (tertiary/aromatic N) is 6. The lowest BCUT2D eigenvalue weighted by molar-refractivity contribution is 0.0974.